The molecule has 2 rings (SSSR count). The van der Waals surface area contributed by atoms with Gasteiger partial charge in [0.1, 0.15) is 11.5 Å². The molecule has 2 N–H and O–H groups in total. The first-order chi connectivity index (χ1) is 10.5. The van der Waals surface area contributed by atoms with Gasteiger partial charge in [0, 0.05) is 6.08 Å². The summed E-state index contributed by atoms with van der Waals surface area (Å²) in [5, 5.41) is 19.6. The van der Waals surface area contributed by atoms with Crippen LogP contribution in [0.15, 0.2) is 54.6 Å². The number of ketones is 1. The van der Waals surface area contributed by atoms with E-state index in [2.05, 4.69) is 0 Å². The molecule has 0 radical (unpaired) electrons. The van der Waals surface area contributed by atoms with Crippen LogP contribution < -0.4 is 0 Å². The van der Waals surface area contributed by atoms with E-state index >= 15 is 0 Å². The normalized spacial score (nSPS) is 11.8. The lowest BCUT2D eigenvalue weighted by atomic mass is 10.0. The molecule has 2 aromatic carbocycles. The van der Waals surface area contributed by atoms with Crippen molar-refractivity contribution in [2.45, 2.75) is 13.8 Å². The molecule has 0 unspecified atom stereocenters. The zero-order valence-corrected chi connectivity index (χ0v) is 12.6. The number of carbonyl (C=O) groups excluding carboxylic acids is 1. The van der Waals surface area contributed by atoms with Gasteiger partial charge in [-0.25, -0.2) is 0 Å². The van der Waals surface area contributed by atoms with Crippen molar-refractivity contribution < 1.29 is 15.0 Å². The van der Waals surface area contributed by atoms with Crippen LogP contribution in [-0.4, -0.2) is 16.0 Å². The van der Waals surface area contributed by atoms with E-state index in [1.807, 2.05) is 32.0 Å². The van der Waals surface area contributed by atoms with E-state index in [1.54, 1.807) is 24.3 Å². The summed E-state index contributed by atoms with van der Waals surface area (Å²) in [5.74, 6) is -0.669. The molecule has 0 saturated carbocycles. The van der Waals surface area contributed by atoms with E-state index in [1.165, 1.54) is 12.1 Å². The molecule has 3 nitrogen and oxygen atoms in total. The molecule has 0 heterocycles. The van der Waals surface area contributed by atoms with Gasteiger partial charge in [-0.2, -0.15) is 0 Å². The highest BCUT2D eigenvalue weighted by Crippen LogP contribution is 2.22. The van der Waals surface area contributed by atoms with E-state index in [9.17, 15) is 15.0 Å². The molecule has 0 amide bonds. The molecule has 0 fully saturated rings. The highest BCUT2D eigenvalue weighted by atomic mass is 16.3. The predicted octanol–water partition coefficient (Wildman–Crippen LogP) is 4.19. The van der Waals surface area contributed by atoms with E-state index in [0.29, 0.717) is 0 Å². The molecule has 0 aromatic heterocycles. The Labute approximate surface area is 129 Å². The lowest BCUT2D eigenvalue weighted by molar-refractivity contribution is -0.110. The predicted molar refractivity (Wildman–Crippen MR) is 88.7 cm³/mol. The second-order valence-corrected chi connectivity index (χ2v) is 5.07. The molecule has 0 aliphatic rings. The lowest BCUT2D eigenvalue weighted by Gasteiger charge is -2.03. The number of rotatable bonds is 4. The van der Waals surface area contributed by atoms with Gasteiger partial charge in [-0.3, -0.25) is 4.79 Å². The maximum absolute atomic E-state index is 11.9. The standard InChI is InChI=1S/C19H18O3/c1-13-6-5-7-15(14(13)2)10-11-16(20)12-19(22)17-8-3-4-9-18(17)21/h3-12,21-22H,1-2H3/b11-10+,19-12?. The number of carbonyl (C=O) groups is 1. The van der Waals surface area contributed by atoms with Gasteiger partial charge < -0.3 is 10.2 Å². The highest BCUT2D eigenvalue weighted by Gasteiger charge is 2.06. The summed E-state index contributed by atoms with van der Waals surface area (Å²) in [7, 11) is 0. The van der Waals surface area contributed by atoms with Gasteiger partial charge in [0.2, 0.25) is 0 Å². The number of phenols is 1. The Balaban J connectivity index is 2.19. The van der Waals surface area contributed by atoms with Crippen molar-refractivity contribution in [3.63, 3.8) is 0 Å². The smallest absolute Gasteiger partial charge is 0.182 e. The highest BCUT2D eigenvalue weighted by molar-refractivity contribution is 6.05. The third-order valence-electron chi connectivity index (χ3n) is 3.53. The number of benzene rings is 2. The molecule has 112 valence electrons. The number of hydrogen-bond acceptors (Lipinski definition) is 3. The Hall–Kier alpha value is -2.81. The van der Waals surface area contributed by atoms with Crippen LogP contribution in [0.1, 0.15) is 22.3 Å². The fourth-order valence-corrected chi connectivity index (χ4v) is 2.08. The molecule has 2 aromatic rings. The van der Waals surface area contributed by atoms with Crippen LogP contribution in [0.4, 0.5) is 0 Å². The van der Waals surface area contributed by atoms with Gasteiger partial charge in [-0.1, -0.05) is 36.4 Å². The monoisotopic (exact) mass is 294 g/mol. The minimum Gasteiger partial charge on any atom is -0.507 e. The minimum atomic E-state index is -0.346. The van der Waals surface area contributed by atoms with E-state index in [0.717, 1.165) is 22.8 Å². The average Bonchev–Trinajstić information content (AvgIpc) is 2.49. The number of aliphatic hydroxyl groups excluding tert-OH is 1. The SMILES string of the molecule is Cc1cccc(/C=C/C(=O)C=C(O)c2ccccc2O)c1C. The number of aromatic hydroxyl groups is 1. The average molecular weight is 294 g/mol. The summed E-state index contributed by atoms with van der Waals surface area (Å²) in [6, 6.07) is 12.2. The maximum Gasteiger partial charge on any atom is 0.182 e. The second kappa shape index (κ2) is 6.76. The first-order valence-corrected chi connectivity index (χ1v) is 6.96. The van der Waals surface area contributed by atoms with Crippen LogP contribution in [0.5, 0.6) is 5.75 Å². The zero-order valence-electron chi connectivity index (χ0n) is 12.6. The van der Waals surface area contributed by atoms with Crippen molar-refractivity contribution in [1.82, 2.24) is 0 Å². The zero-order chi connectivity index (χ0) is 16.1. The topological polar surface area (TPSA) is 57.5 Å². The molecular formula is C19H18O3. The van der Waals surface area contributed by atoms with E-state index < -0.39 is 0 Å². The van der Waals surface area contributed by atoms with Gasteiger partial charge in [-0.15, -0.1) is 0 Å². The van der Waals surface area contributed by atoms with E-state index in [-0.39, 0.29) is 22.9 Å². The third-order valence-corrected chi connectivity index (χ3v) is 3.53. The fourth-order valence-electron chi connectivity index (χ4n) is 2.08. The summed E-state index contributed by atoms with van der Waals surface area (Å²) >= 11 is 0. The second-order valence-electron chi connectivity index (χ2n) is 5.07. The van der Waals surface area contributed by atoms with Crippen LogP contribution in [0.3, 0.4) is 0 Å². The van der Waals surface area contributed by atoms with Gasteiger partial charge in [0.25, 0.3) is 0 Å². The van der Waals surface area contributed by atoms with Crippen molar-refractivity contribution in [3.8, 4) is 5.75 Å². The van der Waals surface area contributed by atoms with Crippen LogP contribution in [0.2, 0.25) is 0 Å². The Morgan fingerprint density at radius 3 is 2.50 bits per heavy atom. The van der Waals surface area contributed by atoms with Gasteiger partial charge in [0.05, 0.1) is 5.56 Å². The summed E-state index contributed by atoms with van der Waals surface area (Å²) in [4.78, 5) is 11.9. The minimum absolute atomic E-state index is 0.0671. The Morgan fingerprint density at radius 1 is 1.05 bits per heavy atom. The van der Waals surface area contributed by atoms with Crippen molar-refractivity contribution in [1.29, 1.82) is 0 Å². The van der Waals surface area contributed by atoms with Crippen molar-refractivity contribution in [3.05, 3.63) is 76.9 Å². The van der Waals surface area contributed by atoms with Crippen molar-refractivity contribution in [2.24, 2.45) is 0 Å². The number of hydrogen-bond donors (Lipinski definition) is 2. The molecule has 0 spiro atoms. The molecule has 0 bridgehead atoms. The summed E-state index contributed by atoms with van der Waals surface area (Å²) in [5.41, 5.74) is 3.46. The summed E-state index contributed by atoms with van der Waals surface area (Å²) in [6.07, 6.45) is 4.22. The molecule has 0 saturated heterocycles. The summed E-state index contributed by atoms with van der Waals surface area (Å²) in [6.45, 7) is 4.01. The number of aryl methyl sites for hydroxylation is 1. The van der Waals surface area contributed by atoms with Gasteiger partial charge in [-0.05, 0) is 48.7 Å². The van der Waals surface area contributed by atoms with Gasteiger partial charge in [0.15, 0.2) is 5.78 Å². The third kappa shape index (κ3) is 3.64. The van der Waals surface area contributed by atoms with Crippen LogP contribution >= 0.6 is 0 Å². The Kier molecular flexibility index (Phi) is 4.79. The van der Waals surface area contributed by atoms with Gasteiger partial charge >= 0.3 is 0 Å². The molecule has 22 heavy (non-hydrogen) atoms. The Morgan fingerprint density at radius 2 is 1.77 bits per heavy atom. The Bertz CT molecular complexity index is 755. The summed E-state index contributed by atoms with van der Waals surface area (Å²) < 4.78 is 0. The van der Waals surface area contributed by atoms with Crippen molar-refractivity contribution >= 4 is 17.6 Å². The molecular weight excluding hydrogens is 276 g/mol. The number of aliphatic hydroxyl groups is 1. The van der Waals surface area contributed by atoms with Crippen molar-refractivity contribution in [2.75, 3.05) is 0 Å². The molecule has 0 aliphatic heterocycles. The maximum atomic E-state index is 11.9. The van der Waals surface area contributed by atoms with Crippen LogP contribution in [0, 0.1) is 13.8 Å². The molecule has 0 atom stereocenters. The molecule has 0 aliphatic carbocycles. The number of allylic oxidation sites excluding steroid dienone is 2. The number of para-hydroxylation sites is 1. The first-order valence-electron chi connectivity index (χ1n) is 6.96. The van der Waals surface area contributed by atoms with Crippen LogP contribution in [0.25, 0.3) is 11.8 Å². The quantitative estimate of drug-likeness (QED) is 0.656. The largest absolute Gasteiger partial charge is 0.507 e. The fraction of sp³-hybridized carbons (Fsp3) is 0.105. The molecule has 3 heteroatoms. The lowest BCUT2D eigenvalue weighted by Crippen LogP contribution is -1.92. The van der Waals surface area contributed by atoms with Crippen LogP contribution in [-0.2, 0) is 4.79 Å². The number of phenolic OH excluding ortho intramolecular Hbond substituents is 1. The van der Waals surface area contributed by atoms with E-state index in [4.69, 9.17) is 0 Å². The first kappa shape index (κ1) is 15.6.